The molecule has 6 nitrogen and oxygen atoms in total. The summed E-state index contributed by atoms with van der Waals surface area (Å²) in [4.78, 5) is 30.6. The van der Waals surface area contributed by atoms with Gasteiger partial charge in [0.15, 0.2) is 5.17 Å². The highest BCUT2D eigenvalue weighted by molar-refractivity contribution is 8.18. The van der Waals surface area contributed by atoms with Crippen LogP contribution in [0.3, 0.4) is 0 Å². The molecule has 1 amide bonds. The Morgan fingerprint density at radius 2 is 1.83 bits per heavy atom. The first-order chi connectivity index (χ1) is 14.4. The van der Waals surface area contributed by atoms with Crippen LogP contribution < -0.4 is 0 Å². The van der Waals surface area contributed by atoms with Gasteiger partial charge in [0, 0.05) is 18.7 Å². The van der Waals surface area contributed by atoms with Gasteiger partial charge in [-0.15, -0.1) is 0 Å². The molecule has 1 fully saturated rings. The Kier molecular flexibility index (Phi) is 5.29. The first-order valence-electron chi connectivity index (χ1n) is 9.18. The number of aromatic carboxylic acids is 1. The zero-order valence-electron chi connectivity index (χ0n) is 16.3. The third-order valence-corrected chi connectivity index (χ3v) is 5.65. The van der Waals surface area contributed by atoms with Gasteiger partial charge in [-0.25, -0.2) is 9.79 Å². The first-order valence-corrected chi connectivity index (χ1v) is 9.99. The zero-order valence-corrected chi connectivity index (χ0v) is 17.1. The summed E-state index contributed by atoms with van der Waals surface area (Å²) in [6, 6.07) is 17.8. The molecule has 1 aromatic heterocycles. The van der Waals surface area contributed by atoms with Crippen molar-refractivity contribution in [1.29, 1.82) is 0 Å². The van der Waals surface area contributed by atoms with Crippen molar-refractivity contribution in [1.82, 2.24) is 4.90 Å². The minimum absolute atomic E-state index is 0.157. The van der Waals surface area contributed by atoms with Gasteiger partial charge in [-0.05, 0) is 49.0 Å². The van der Waals surface area contributed by atoms with Gasteiger partial charge in [-0.2, -0.15) is 0 Å². The van der Waals surface area contributed by atoms with Gasteiger partial charge in [0.1, 0.15) is 11.5 Å². The Bertz CT molecular complexity index is 1190. The molecule has 30 heavy (non-hydrogen) atoms. The number of carboxylic acids is 1. The molecule has 4 rings (SSSR count). The van der Waals surface area contributed by atoms with Gasteiger partial charge in [-0.3, -0.25) is 9.69 Å². The normalized spacial score (nSPS) is 16.6. The maximum Gasteiger partial charge on any atom is 0.336 e. The Morgan fingerprint density at radius 1 is 1.10 bits per heavy atom. The molecule has 0 atom stereocenters. The standard InChI is InChI=1S/C23H18N2O4S/c1-14-7-9-15(10-8-14)24-23-25(2)21(26)20(30-23)13-16-11-12-19(29-16)17-5-3-4-6-18(17)22(27)28/h3-13H,1-2H3,(H,27,28)/b20-13+,24-23?. The molecule has 0 unspecified atom stereocenters. The molecule has 2 heterocycles. The number of carboxylic acid groups (broad SMARTS) is 1. The van der Waals surface area contributed by atoms with Crippen LogP contribution in [0.4, 0.5) is 5.69 Å². The maximum absolute atomic E-state index is 12.6. The van der Waals surface area contributed by atoms with E-state index in [2.05, 4.69) is 4.99 Å². The molecule has 0 aliphatic carbocycles. The molecule has 7 heteroatoms. The molecule has 0 bridgehead atoms. The van der Waals surface area contributed by atoms with E-state index in [4.69, 9.17) is 4.42 Å². The molecule has 1 aliphatic rings. The molecule has 1 saturated heterocycles. The number of likely N-dealkylation sites (N-methyl/N-ethyl adjacent to an activating group) is 1. The van der Waals surface area contributed by atoms with Crippen LogP contribution in [0.5, 0.6) is 0 Å². The lowest BCUT2D eigenvalue weighted by molar-refractivity contribution is -0.121. The van der Waals surface area contributed by atoms with E-state index in [-0.39, 0.29) is 11.5 Å². The van der Waals surface area contributed by atoms with Crippen molar-refractivity contribution in [2.24, 2.45) is 4.99 Å². The number of carbonyl (C=O) groups is 2. The first kappa shape index (κ1) is 19.7. The van der Waals surface area contributed by atoms with Crippen LogP contribution in [0.1, 0.15) is 21.7 Å². The number of amidine groups is 1. The van der Waals surface area contributed by atoms with E-state index in [1.54, 1.807) is 43.5 Å². The topological polar surface area (TPSA) is 83.1 Å². The second kappa shape index (κ2) is 8.04. The fourth-order valence-corrected chi connectivity index (χ4v) is 3.94. The average molecular weight is 418 g/mol. The molecule has 0 radical (unpaired) electrons. The van der Waals surface area contributed by atoms with Crippen LogP contribution in [0.25, 0.3) is 17.4 Å². The minimum Gasteiger partial charge on any atom is -0.478 e. The lowest BCUT2D eigenvalue weighted by atomic mass is 10.1. The van der Waals surface area contributed by atoms with Crippen molar-refractivity contribution in [2.45, 2.75) is 6.92 Å². The van der Waals surface area contributed by atoms with Crippen molar-refractivity contribution in [3.05, 3.63) is 82.5 Å². The second-order valence-electron chi connectivity index (χ2n) is 6.76. The fraction of sp³-hybridized carbons (Fsp3) is 0.0870. The van der Waals surface area contributed by atoms with E-state index in [0.717, 1.165) is 11.3 Å². The summed E-state index contributed by atoms with van der Waals surface area (Å²) < 4.78 is 5.81. The highest BCUT2D eigenvalue weighted by Gasteiger charge is 2.30. The molecular weight excluding hydrogens is 400 g/mol. The van der Waals surface area contributed by atoms with Crippen LogP contribution in [0, 0.1) is 6.92 Å². The number of hydrogen-bond acceptors (Lipinski definition) is 5. The van der Waals surface area contributed by atoms with Crippen molar-refractivity contribution in [2.75, 3.05) is 7.05 Å². The van der Waals surface area contributed by atoms with Crippen molar-refractivity contribution in [3.8, 4) is 11.3 Å². The highest BCUT2D eigenvalue weighted by atomic mass is 32.2. The monoisotopic (exact) mass is 418 g/mol. The van der Waals surface area contributed by atoms with E-state index in [1.807, 2.05) is 31.2 Å². The van der Waals surface area contributed by atoms with E-state index in [1.165, 1.54) is 22.7 Å². The summed E-state index contributed by atoms with van der Waals surface area (Å²) in [7, 11) is 1.68. The molecule has 1 N–H and O–H groups in total. The van der Waals surface area contributed by atoms with Gasteiger partial charge in [-0.1, -0.05) is 35.9 Å². The summed E-state index contributed by atoms with van der Waals surface area (Å²) in [6.45, 7) is 2.00. The lowest BCUT2D eigenvalue weighted by Crippen LogP contribution is -2.23. The third-order valence-electron chi connectivity index (χ3n) is 4.59. The SMILES string of the molecule is Cc1ccc(N=C2S/C(=C/c3ccc(-c4ccccc4C(=O)O)o3)C(=O)N2C)cc1. The second-order valence-corrected chi connectivity index (χ2v) is 7.77. The Hall–Kier alpha value is -3.58. The number of furan rings is 1. The summed E-state index contributed by atoms with van der Waals surface area (Å²) in [5.41, 5.74) is 2.55. The van der Waals surface area contributed by atoms with Crippen LogP contribution in [0.15, 0.2) is 75.0 Å². The van der Waals surface area contributed by atoms with E-state index < -0.39 is 5.97 Å². The molecule has 2 aromatic carbocycles. The quantitative estimate of drug-likeness (QED) is 0.590. The number of thioether (sulfide) groups is 1. The van der Waals surface area contributed by atoms with E-state index in [9.17, 15) is 14.7 Å². The average Bonchev–Trinajstić information content (AvgIpc) is 3.30. The lowest BCUT2D eigenvalue weighted by Gasteiger charge is -2.07. The number of hydrogen-bond donors (Lipinski definition) is 1. The summed E-state index contributed by atoms with van der Waals surface area (Å²) in [6.07, 6.45) is 1.65. The molecular formula is C23H18N2O4S. The fourth-order valence-electron chi connectivity index (χ4n) is 2.97. The number of amides is 1. The van der Waals surface area contributed by atoms with Crippen LogP contribution in [0.2, 0.25) is 0 Å². The number of carbonyl (C=O) groups excluding carboxylic acids is 1. The van der Waals surface area contributed by atoms with E-state index >= 15 is 0 Å². The molecule has 3 aromatic rings. The minimum atomic E-state index is -1.03. The highest BCUT2D eigenvalue weighted by Crippen LogP contribution is 2.34. The maximum atomic E-state index is 12.6. The predicted molar refractivity (Wildman–Crippen MR) is 118 cm³/mol. The molecule has 1 aliphatic heterocycles. The smallest absolute Gasteiger partial charge is 0.336 e. The van der Waals surface area contributed by atoms with Crippen LogP contribution in [-0.2, 0) is 4.79 Å². The number of nitrogens with zero attached hydrogens (tertiary/aromatic N) is 2. The van der Waals surface area contributed by atoms with Gasteiger partial charge < -0.3 is 9.52 Å². The van der Waals surface area contributed by atoms with Crippen molar-refractivity contribution >= 4 is 40.6 Å². The van der Waals surface area contributed by atoms with Crippen molar-refractivity contribution < 1.29 is 19.1 Å². The molecule has 150 valence electrons. The van der Waals surface area contributed by atoms with Gasteiger partial charge in [0.25, 0.3) is 5.91 Å². The Morgan fingerprint density at radius 3 is 2.57 bits per heavy atom. The number of rotatable bonds is 4. The van der Waals surface area contributed by atoms with Gasteiger partial charge in [0.05, 0.1) is 16.2 Å². The van der Waals surface area contributed by atoms with Crippen molar-refractivity contribution in [3.63, 3.8) is 0 Å². The van der Waals surface area contributed by atoms with Gasteiger partial charge >= 0.3 is 5.97 Å². The largest absolute Gasteiger partial charge is 0.478 e. The Labute approximate surface area is 177 Å². The Balaban J connectivity index is 1.61. The van der Waals surface area contributed by atoms with E-state index in [0.29, 0.717) is 27.2 Å². The summed E-state index contributed by atoms with van der Waals surface area (Å²) in [5.74, 6) is -0.306. The summed E-state index contributed by atoms with van der Waals surface area (Å²) in [5, 5.41) is 9.95. The molecule has 0 spiro atoms. The van der Waals surface area contributed by atoms with Gasteiger partial charge in [0.2, 0.25) is 0 Å². The number of benzene rings is 2. The molecule has 0 saturated carbocycles. The zero-order chi connectivity index (χ0) is 21.3. The van der Waals surface area contributed by atoms with Crippen LogP contribution in [-0.4, -0.2) is 34.1 Å². The van der Waals surface area contributed by atoms with Crippen LogP contribution >= 0.6 is 11.8 Å². The predicted octanol–water partition coefficient (Wildman–Crippen LogP) is 5.19. The summed E-state index contributed by atoms with van der Waals surface area (Å²) >= 11 is 1.27. The number of aryl methyl sites for hydroxylation is 1. The number of aliphatic imine (C=N–C) groups is 1. The third kappa shape index (κ3) is 3.92.